The zero-order valence-corrected chi connectivity index (χ0v) is 9.33. The van der Waals surface area contributed by atoms with Crippen molar-refractivity contribution in [2.75, 3.05) is 18.6 Å². The molecule has 100 valence electrons. The van der Waals surface area contributed by atoms with Crippen LogP contribution in [0.3, 0.4) is 0 Å². The number of hydrazine groups is 1. The van der Waals surface area contributed by atoms with Crippen molar-refractivity contribution in [2.45, 2.75) is 18.7 Å². The third-order valence-corrected chi connectivity index (χ3v) is 2.45. The summed E-state index contributed by atoms with van der Waals surface area (Å²) in [7, 11) is 0. The Morgan fingerprint density at radius 2 is 2.22 bits per heavy atom. The van der Waals surface area contributed by atoms with E-state index in [2.05, 4.69) is 10.4 Å². The highest BCUT2D eigenvalue weighted by atomic mass is 19.4. The molecule has 1 unspecified atom stereocenters. The number of hydrogen-bond donors (Lipinski definition) is 2. The first-order chi connectivity index (χ1) is 8.49. The standard InChI is InChI=1S/C10H12F3N3O2/c11-10(12,13)6-3-8(16-14)15-9(4-6)18-7-1-2-17-5-7/h3-4,7H,1-2,5,14H2,(H,15,16). The molecule has 1 fully saturated rings. The van der Waals surface area contributed by atoms with Gasteiger partial charge in [-0.2, -0.15) is 18.2 Å². The maximum absolute atomic E-state index is 12.6. The average Bonchev–Trinajstić information content (AvgIpc) is 2.80. The first-order valence-corrected chi connectivity index (χ1v) is 5.29. The summed E-state index contributed by atoms with van der Waals surface area (Å²) >= 11 is 0. The second-order valence-electron chi connectivity index (χ2n) is 3.82. The second-order valence-corrected chi connectivity index (χ2v) is 3.82. The zero-order chi connectivity index (χ0) is 13.2. The minimum Gasteiger partial charge on any atom is -0.472 e. The van der Waals surface area contributed by atoms with Crippen LogP contribution < -0.4 is 16.0 Å². The number of ether oxygens (including phenoxy) is 2. The number of nitrogen functional groups attached to an aromatic ring is 1. The number of pyridine rings is 1. The molecule has 0 spiro atoms. The topological polar surface area (TPSA) is 69.4 Å². The number of anilines is 1. The lowest BCUT2D eigenvalue weighted by Gasteiger charge is -2.14. The van der Waals surface area contributed by atoms with Crippen LogP contribution in [-0.4, -0.2) is 24.3 Å². The Labute approximate surface area is 101 Å². The molecule has 1 aliphatic heterocycles. The quantitative estimate of drug-likeness (QED) is 0.639. The van der Waals surface area contributed by atoms with Crippen LogP contribution >= 0.6 is 0 Å². The van der Waals surface area contributed by atoms with E-state index in [9.17, 15) is 13.2 Å². The van der Waals surface area contributed by atoms with E-state index in [4.69, 9.17) is 15.3 Å². The van der Waals surface area contributed by atoms with E-state index in [0.717, 1.165) is 12.1 Å². The molecular weight excluding hydrogens is 251 g/mol. The number of aromatic nitrogens is 1. The second kappa shape index (κ2) is 4.99. The number of halogens is 3. The van der Waals surface area contributed by atoms with Gasteiger partial charge in [0.05, 0.1) is 18.8 Å². The summed E-state index contributed by atoms with van der Waals surface area (Å²) < 4.78 is 48.3. The van der Waals surface area contributed by atoms with E-state index in [1.54, 1.807) is 0 Å². The fraction of sp³-hybridized carbons (Fsp3) is 0.500. The van der Waals surface area contributed by atoms with Crippen molar-refractivity contribution in [1.82, 2.24) is 4.98 Å². The van der Waals surface area contributed by atoms with Gasteiger partial charge in [0.2, 0.25) is 5.88 Å². The molecule has 2 heterocycles. The maximum atomic E-state index is 12.6. The van der Waals surface area contributed by atoms with E-state index in [1.807, 2.05) is 0 Å². The van der Waals surface area contributed by atoms with Crippen LogP contribution in [0.5, 0.6) is 5.88 Å². The number of nitrogens with two attached hydrogens (primary N) is 1. The van der Waals surface area contributed by atoms with Crippen molar-refractivity contribution < 1.29 is 22.6 Å². The maximum Gasteiger partial charge on any atom is 0.416 e. The van der Waals surface area contributed by atoms with Crippen molar-refractivity contribution in [3.63, 3.8) is 0 Å². The van der Waals surface area contributed by atoms with Gasteiger partial charge >= 0.3 is 6.18 Å². The van der Waals surface area contributed by atoms with E-state index in [-0.39, 0.29) is 17.8 Å². The minimum atomic E-state index is -4.47. The third kappa shape index (κ3) is 3.02. The van der Waals surface area contributed by atoms with E-state index in [0.29, 0.717) is 19.6 Å². The molecule has 0 aliphatic carbocycles. The van der Waals surface area contributed by atoms with Gasteiger partial charge in [-0.05, 0) is 6.07 Å². The number of alkyl halides is 3. The fourth-order valence-corrected chi connectivity index (χ4v) is 1.58. The van der Waals surface area contributed by atoms with Crippen molar-refractivity contribution in [3.05, 3.63) is 17.7 Å². The number of hydrogen-bond acceptors (Lipinski definition) is 5. The van der Waals surface area contributed by atoms with Gasteiger partial charge in [-0.3, -0.25) is 0 Å². The molecule has 0 bridgehead atoms. The number of nitrogens with zero attached hydrogens (tertiary/aromatic N) is 1. The van der Waals surface area contributed by atoms with Crippen molar-refractivity contribution in [1.29, 1.82) is 0 Å². The molecule has 1 aliphatic rings. The Bertz CT molecular complexity index is 419. The van der Waals surface area contributed by atoms with Crippen LogP contribution in [0, 0.1) is 0 Å². The Balaban J connectivity index is 2.23. The summed E-state index contributed by atoms with van der Waals surface area (Å²) in [6, 6.07) is 1.66. The molecule has 3 N–H and O–H groups in total. The van der Waals surface area contributed by atoms with Crippen molar-refractivity contribution in [3.8, 4) is 5.88 Å². The van der Waals surface area contributed by atoms with E-state index < -0.39 is 11.7 Å². The lowest BCUT2D eigenvalue weighted by Crippen LogP contribution is -2.18. The van der Waals surface area contributed by atoms with Gasteiger partial charge in [0.15, 0.2) is 0 Å². The smallest absolute Gasteiger partial charge is 0.416 e. The average molecular weight is 263 g/mol. The summed E-state index contributed by atoms with van der Waals surface area (Å²) in [6.07, 6.45) is -4.12. The highest BCUT2D eigenvalue weighted by Crippen LogP contribution is 2.32. The Kier molecular flexibility index (Phi) is 3.58. The molecule has 2 rings (SSSR count). The zero-order valence-electron chi connectivity index (χ0n) is 9.33. The molecule has 0 radical (unpaired) electrons. The number of nitrogens with one attached hydrogen (secondary N) is 1. The van der Waals surface area contributed by atoms with Crippen molar-refractivity contribution >= 4 is 5.82 Å². The Hall–Kier alpha value is -1.54. The molecule has 1 atom stereocenters. The summed E-state index contributed by atoms with van der Waals surface area (Å²) in [5.74, 6) is 4.86. The largest absolute Gasteiger partial charge is 0.472 e. The van der Waals surface area contributed by atoms with Crippen LogP contribution in [0.4, 0.5) is 19.0 Å². The summed E-state index contributed by atoms with van der Waals surface area (Å²) in [6.45, 7) is 0.884. The molecule has 8 heteroatoms. The predicted molar refractivity (Wildman–Crippen MR) is 56.9 cm³/mol. The van der Waals surface area contributed by atoms with E-state index >= 15 is 0 Å². The summed E-state index contributed by atoms with van der Waals surface area (Å²) in [4.78, 5) is 3.81. The van der Waals surface area contributed by atoms with Crippen LogP contribution in [0.25, 0.3) is 0 Å². The SMILES string of the molecule is NNc1cc(C(F)(F)F)cc(OC2CCOC2)n1. The van der Waals surface area contributed by atoms with Gasteiger partial charge in [-0.25, -0.2) is 5.84 Å². The molecule has 18 heavy (non-hydrogen) atoms. The molecule has 0 amide bonds. The lowest BCUT2D eigenvalue weighted by atomic mass is 10.2. The molecule has 1 aromatic rings. The number of rotatable bonds is 3. The molecule has 5 nitrogen and oxygen atoms in total. The van der Waals surface area contributed by atoms with Gasteiger partial charge in [0.25, 0.3) is 0 Å². The Morgan fingerprint density at radius 1 is 1.44 bits per heavy atom. The first kappa shape index (κ1) is 12.9. The van der Waals surface area contributed by atoms with Gasteiger partial charge < -0.3 is 14.9 Å². The molecule has 1 saturated heterocycles. The lowest BCUT2D eigenvalue weighted by molar-refractivity contribution is -0.137. The fourth-order valence-electron chi connectivity index (χ4n) is 1.58. The van der Waals surface area contributed by atoms with Gasteiger partial charge in [0.1, 0.15) is 11.9 Å². The predicted octanol–water partition coefficient (Wildman–Crippen LogP) is 1.55. The molecular formula is C10H12F3N3O2. The Morgan fingerprint density at radius 3 is 2.78 bits per heavy atom. The van der Waals surface area contributed by atoms with Crippen molar-refractivity contribution in [2.24, 2.45) is 5.84 Å². The van der Waals surface area contributed by atoms with Crippen LogP contribution in [0.1, 0.15) is 12.0 Å². The highest BCUT2D eigenvalue weighted by Gasteiger charge is 2.32. The van der Waals surface area contributed by atoms with Gasteiger partial charge in [-0.1, -0.05) is 0 Å². The molecule has 1 aromatic heterocycles. The normalized spacial score (nSPS) is 19.9. The minimum absolute atomic E-state index is 0.0984. The summed E-state index contributed by atoms with van der Waals surface area (Å²) in [5, 5.41) is 0. The van der Waals surface area contributed by atoms with Gasteiger partial charge in [0, 0.05) is 12.5 Å². The summed E-state index contributed by atoms with van der Waals surface area (Å²) in [5.41, 5.74) is 1.22. The van der Waals surface area contributed by atoms with Crippen LogP contribution in [-0.2, 0) is 10.9 Å². The monoisotopic (exact) mass is 263 g/mol. The van der Waals surface area contributed by atoms with Gasteiger partial charge in [-0.15, -0.1) is 0 Å². The molecule has 0 saturated carbocycles. The first-order valence-electron chi connectivity index (χ1n) is 5.29. The third-order valence-electron chi connectivity index (χ3n) is 2.45. The molecule has 0 aromatic carbocycles. The highest BCUT2D eigenvalue weighted by molar-refractivity contribution is 5.41. The van der Waals surface area contributed by atoms with E-state index in [1.165, 1.54) is 0 Å². The van der Waals surface area contributed by atoms with Crippen LogP contribution in [0.15, 0.2) is 12.1 Å². The van der Waals surface area contributed by atoms with Crippen LogP contribution in [0.2, 0.25) is 0 Å².